The molecule has 0 spiro atoms. The number of piperazine rings is 1. The van der Waals surface area contributed by atoms with E-state index in [1.54, 1.807) is 0 Å². The third-order valence-corrected chi connectivity index (χ3v) is 3.80. The van der Waals surface area contributed by atoms with Gasteiger partial charge in [-0.1, -0.05) is 6.92 Å². The Bertz CT molecular complexity index is 255. The van der Waals surface area contributed by atoms with E-state index < -0.39 is 0 Å². The highest BCUT2D eigenvalue weighted by Crippen LogP contribution is 2.28. The average Bonchev–Trinajstić information content (AvgIpc) is 2.25. The molecule has 0 N–H and O–H groups in total. The molecule has 1 heterocycles. The Morgan fingerprint density at radius 2 is 1.94 bits per heavy atom. The number of hydrogen-bond acceptors (Lipinski definition) is 3. The second kappa shape index (κ2) is 5.15. The molecule has 0 aromatic heterocycles. The molecule has 0 saturated carbocycles. The summed E-state index contributed by atoms with van der Waals surface area (Å²) in [5.41, 5.74) is -0.280. The summed E-state index contributed by atoms with van der Waals surface area (Å²) in [7, 11) is 8.10. The molecule has 4 nitrogen and oxygen atoms in total. The van der Waals surface area contributed by atoms with Crippen LogP contribution in [0.4, 0.5) is 0 Å². The van der Waals surface area contributed by atoms with Crippen molar-refractivity contribution in [3.05, 3.63) is 0 Å². The maximum Gasteiger partial charge on any atom is 0.242 e. The van der Waals surface area contributed by atoms with Crippen molar-refractivity contribution in [1.82, 2.24) is 14.7 Å². The van der Waals surface area contributed by atoms with Gasteiger partial charge in [0.25, 0.3) is 0 Å². The summed E-state index contributed by atoms with van der Waals surface area (Å²) in [5, 5.41) is 0. The Morgan fingerprint density at radius 3 is 2.44 bits per heavy atom. The number of hydrogen-bond donors (Lipinski definition) is 0. The number of carbonyl (C=O) groups excluding carboxylic acids is 1. The topological polar surface area (TPSA) is 26.8 Å². The van der Waals surface area contributed by atoms with E-state index in [-0.39, 0.29) is 11.4 Å². The Kier molecular flexibility index (Phi) is 4.33. The van der Waals surface area contributed by atoms with Crippen molar-refractivity contribution in [2.45, 2.75) is 25.3 Å². The van der Waals surface area contributed by atoms with E-state index in [0.717, 1.165) is 32.5 Å². The highest BCUT2D eigenvalue weighted by Gasteiger charge is 2.44. The largest absolute Gasteiger partial charge is 0.343 e. The molecule has 4 heteroatoms. The SMILES string of the molecule is CCC1(CCN(C)C)C(=O)N(C)CCN1C. The first kappa shape index (κ1) is 13.5. The van der Waals surface area contributed by atoms with Gasteiger partial charge in [-0.15, -0.1) is 0 Å². The number of rotatable bonds is 4. The van der Waals surface area contributed by atoms with Gasteiger partial charge in [-0.3, -0.25) is 9.69 Å². The lowest BCUT2D eigenvalue weighted by molar-refractivity contribution is -0.149. The molecule has 1 fully saturated rings. The molecule has 94 valence electrons. The lowest BCUT2D eigenvalue weighted by atomic mass is 9.86. The van der Waals surface area contributed by atoms with Gasteiger partial charge in [0.1, 0.15) is 5.54 Å². The van der Waals surface area contributed by atoms with Crippen LogP contribution in [-0.2, 0) is 4.79 Å². The van der Waals surface area contributed by atoms with Gasteiger partial charge in [-0.25, -0.2) is 0 Å². The quantitative estimate of drug-likeness (QED) is 0.699. The maximum atomic E-state index is 12.4. The highest BCUT2D eigenvalue weighted by atomic mass is 16.2. The fraction of sp³-hybridized carbons (Fsp3) is 0.917. The van der Waals surface area contributed by atoms with Gasteiger partial charge in [0.05, 0.1) is 0 Å². The first-order valence-electron chi connectivity index (χ1n) is 6.05. The standard InChI is InChI=1S/C12H25N3O/c1-6-12(7-8-13(2)3)11(16)14(4)9-10-15(12)5/h6-10H2,1-5H3. The minimum Gasteiger partial charge on any atom is -0.343 e. The van der Waals surface area contributed by atoms with E-state index in [4.69, 9.17) is 0 Å². The Balaban J connectivity index is 2.84. The van der Waals surface area contributed by atoms with Crippen LogP contribution in [0.15, 0.2) is 0 Å². The molecule has 0 radical (unpaired) electrons. The van der Waals surface area contributed by atoms with Crippen LogP contribution in [0.3, 0.4) is 0 Å². The minimum absolute atomic E-state index is 0.280. The Hall–Kier alpha value is -0.610. The zero-order valence-electron chi connectivity index (χ0n) is 11.3. The van der Waals surface area contributed by atoms with Crippen molar-refractivity contribution in [2.24, 2.45) is 0 Å². The van der Waals surface area contributed by atoms with Crippen molar-refractivity contribution in [3.63, 3.8) is 0 Å². The van der Waals surface area contributed by atoms with Gasteiger partial charge in [0.15, 0.2) is 0 Å². The third kappa shape index (κ3) is 2.38. The van der Waals surface area contributed by atoms with Gasteiger partial charge < -0.3 is 9.80 Å². The number of nitrogens with zero attached hydrogens (tertiary/aromatic N) is 3. The molecule has 1 unspecified atom stereocenters. The van der Waals surface area contributed by atoms with Gasteiger partial charge in [0.2, 0.25) is 5.91 Å². The molecule has 1 aliphatic rings. The molecule has 1 atom stereocenters. The second-order valence-corrected chi connectivity index (χ2v) is 5.09. The predicted molar refractivity (Wildman–Crippen MR) is 66.5 cm³/mol. The molecule has 0 aromatic carbocycles. The van der Waals surface area contributed by atoms with Crippen LogP contribution >= 0.6 is 0 Å². The van der Waals surface area contributed by atoms with Crippen LogP contribution in [-0.4, -0.2) is 74.0 Å². The second-order valence-electron chi connectivity index (χ2n) is 5.09. The summed E-state index contributed by atoms with van der Waals surface area (Å²) >= 11 is 0. The molecule has 0 bridgehead atoms. The lowest BCUT2D eigenvalue weighted by Gasteiger charge is -2.47. The number of amides is 1. The summed E-state index contributed by atoms with van der Waals surface area (Å²) in [6.45, 7) is 4.89. The van der Waals surface area contributed by atoms with Gasteiger partial charge in [0, 0.05) is 20.1 Å². The molecular formula is C12H25N3O. The van der Waals surface area contributed by atoms with Crippen molar-refractivity contribution >= 4 is 5.91 Å². The van der Waals surface area contributed by atoms with Crippen molar-refractivity contribution in [2.75, 3.05) is 47.8 Å². The average molecular weight is 227 g/mol. The summed E-state index contributed by atoms with van der Waals surface area (Å²) in [5.74, 6) is 0.283. The summed E-state index contributed by atoms with van der Waals surface area (Å²) in [4.78, 5) is 18.6. The van der Waals surface area contributed by atoms with Crippen molar-refractivity contribution in [3.8, 4) is 0 Å². The van der Waals surface area contributed by atoms with Crippen molar-refractivity contribution in [1.29, 1.82) is 0 Å². The maximum absolute atomic E-state index is 12.4. The first-order valence-corrected chi connectivity index (χ1v) is 6.05. The van der Waals surface area contributed by atoms with Crippen LogP contribution in [0.25, 0.3) is 0 Å². The third-order valence-electron chi connectivity index (χ3n) is 3.80. The van der Waals surface area contributed by atoms with Crippen LogP contribution in [0.5, 0.6) is 0 Å². The van der Waals surface area contributed by atoms with Crippen molar-refractivity contribution < 1.29 is 4.79 Å². The van der Waals surface area contributed by atoms with E-state index in [2.05, 4.69) is 37.9 Å². The van der Waals surface area contributed by atoms with Gasteiger partial charge in [-0.2, -0.15) is 0 Å². The number of carbonyl (C=O) groups is 1. The first-order chi connectivity index (χ1) is 7.44. The molecule has 1 rings (SSSR count). The molecule has 1 amide bonds. The summed E-state index contributed by atoms with van der Waals surface area (Å²) in [6, 6.07) is 0. The summed E-state index contributed by atoms with van der Waals surface area (Å²) < 4.78 is 0. The highest BCUT2D eigenvalue weighted by molar-refractivity contribution is 5.86. The van der Waals surface area contributed by atoms with E-state index in [1.807, 2.05) is 11.9 Å². The smallest absolute Gasteiger partial charge is 0.242 e. The summed E-state index contributed by atoms with van der Waals surface area (Å²) in [6.07, 6.45) is 1.80. The predicted octanol–water partition coefficient (Wildman–Crippen LogP) is 0.491. The Labute approximate surface area is 99.2 Å². The minimum atomic E-state index is -0.280. The molecule has 1 saturated heterocycles. The van der Waals surface area contributed by atoms with Crippen LogP contribution in [0.2, 0.25) is 0 Å². The molecule has 0 aliphatic carbocycles. The van der Waals surface area contributed by atoms with Gasteiger partial charge in [-0.05, 0) is 40.5 Å². The molecule has 16 heavy (non-hydrogen) atoms. The molecule has 0 aromatic rings. The lowest BCUT2D eigenvalue weighted by Crippen LogP contribution is -2.64. The van der Waals surface area contributed by atoms with E-state index in [9.17, 15) is 4.79 Å². The zero-order valence-corrected chi connectivity index (χ0v) is 11.3. The fourth-order valence-electron chi connectivity index (χ4n) is 2.44. The zero-order chi connectivity index (χ0) is 12.3. The molecule has 1 aliphatic heterocycles. The normalized spacial score (nSPS) is 27.9. The molecular weight excluding hydrogens is 202 g/mol. The van der Waals surface area contributed by atoms with Crippen LogP contribution in [0, 0.1) is 0 Å². The van der Waals surface area contributed by atoms with E-state index >= 15 is 0 Å². The van der Waals surface area contributed by atoms with Crippen LogP contribution < -0.4 is 0 Å². The number of likely N-dealkylation sites (N-methyl/N-ethyl adjacent to an activating group) is 2. The van der Waals surface area contributed by atoms with Gasteiger partial charge >= 0.3 is 0 Å². The fourth-order valence-corrected chi connectivity index (χ4v) is 2.44. The van der Waals surface area contributed by atoms with E-state index in [0.29, 0.717) is 0 Å². The monoisotopic (exact) mass is 227 g/mol. The van der Waals surface area contributed by atoms with E-state index in [1.165, 1.54) is 0 Å². The van der Waals surface area contributed by atoms with Crippen LogP contribution in [0.1, 0.15) is 19.8 Å². The Morgan fingerprint density at radius 1 is 1.31 bits per heavy atom.